The molecule has 2 unspecified atom stereocenters. The van der Waals surface area contributed by atoms with Crippen molar-refractivity contribution in [1.29, 1.82) is 0 Å². The summed E-state index contributed by atoms with van der Waals surface area (Å²) >= 11 is 0. The van der Waals surface area contributed by atoms with Crippen molar-refractivity contribution < 1.29 is 4.42 Å². The van der Waals surface area contributed by atoms with Crippen LogP contribution in [0.25, 0.3) is 0 Å². The number of aromatic nitrogens is 2. The van der Waals surface area contributed by atoms with Crippen LogP contribution in [0.5, 0.6) is 0 Å². The first-order chi connectivity index (χ1) is 7.10. The molecule has 2 atom stereocenters. The van der Waals surface area contributed by atoms with Crippen LogP contribution in [0.15, 0.2) is 4.42 Å². The zero-order valence-corrected chi connectivity index (χ0v) is 9.90. The Kier molecular flexibility index (Phi) is 4.08. The molecule has 0 saturated carbocycles. The number of anilines is 1. The third-order valence-corrected chi connectivity index (χ3v) is 2.53. The van der Waals surface area contributed by atoms with E-state index in [2.05, 4.69) is 35.9 Å². The summed E-state index contributed by atoms with van der Waals surface area (Å²) in [6.07, 6.45) is 1.05. The number of hydrogen-bond acceptors (Lipinski definition) is 5. The van der Waals surface area contributed by atoms with Crippen molar-refractivity contribution in [3.63, 3.8) is 0 Å². The van der Waals surface area contributed by atoms with Crippen molar-refractivity contribution in [1.82, 2.24) is 10.2 Å². The van der Waals surface area contributed by atoms with Crippen LogP contribution in [0, 0.1) is 0 Å². The summed E-state index contributed by atoms with van der Waals surface area (Å²) in [4.78, 5) is 2.08. The van der Waals surface area contributed by atoms with Gasteiger partial charge in [0, 0.05) is 12.6 Å². The molecule has 0 radical (unpaired) electrons. The van der Waals surface area contributed by atoms with Crippen molar-refractivity contribution in [2.45, 2.75) is 46.2 Å². The summed E-state index contributed by atoms with van der Waals surface area (Å²) in [5, 5.41) is 7.92. The van der Waals surface area contributed by atoms with E-state index >= 15 is 0 Å². The Balaban J connectivity index is 2.83. The molecule has 0 fully saturated rings. The van der Waals surface area contributed by atoms with Gasteiger partial charge in [0.2, 0.25) is 5.89 Å². The molecule has 0 amide bonds. The van der Waals surface area contributed by atoms with Crippen LogP contribution in [0.2, 0.25) is 0 Å². The minimum Gasteiger partial charge on any atom is -0.406 e. The van der Waals surface area contributed by atoms with Crippen molar-refractivity contribution >= 4 is 6.01 Å². The van der Waals surface area contributed by atoms with E-state index in [9.17, 15) is 0 Å². The molecule has 5 nitrogen and oxygen atoms in total. The Hall–Kier alpha value is -1.10. The minimum atomic E-state index is -0.207. The lowest BCUT2D eigenvalue weighted by molar-refractivity contribution is 0.443. The van der Waals surface area contributed by atoms with Gasteiger partial charge in [-0.25, -0.2) is 0 Å². The topological polar surface area (TPSA) is 68.2 Å². The van der Waals surface area contributed by atoms with Crippen LogP contribution in [0.1, 0.15) is 46.0 Å². The van der Waals surface area contributed by atoms with E-state index in [-0.39, 0.29) is 6.04 Å². The van der Waals surface area contributed by atoms with Crippen LogP contribution < -0.4 is 10.6 Å². The Labute approximate surface area is 90.7 Å². The summed E-state index contributed by atoms with van der Waals surface area (Å²) in [6.45, 7) is 9.03. The first-order valence-electron chi connectivity index (χ1n) is 5.45. The van der Waals surface area contributed by atoms with Gasteiger partial charge in [0.25, 0.3) is 0 Å². The highest BCUT2D eigenvalue weighted by atomic mass is 16.4. The van der Waals surface area contributed by atoms with E-state index < -0.39 is 0 Å². The molecule has 0 aliphatic heterocycles. The molecule has 0 aliphatic carbocycles. The van der Waals surface area contributed by atoms with Gasteiger partial charge in [0.1, 0.15) is 0 Å². The highest BCUT2D eigenvalue weighted by molar-refractivity contribution is 5.25. The number of rotatable bonds is 5. The van der Waals surface area contributed by atoms with Gasteiger partial charge in [-0.05, 0) is 27.2 Å². The molecular formula is C10H20N4O. The molecule has 86 valence electrons. The molecule has 0 bridgehead atoms. The summed E-state index contributed by atoms with van der Waals surface area (Å²) in [6, 6.07) is 0.761. The van der Waals surface area contributed by atoms with Gasteiger partial charge >= 0.3 is 6.01 Å². The molecule has 0 aliphatic rings. The summed E-state index contributed by atoms with van der Waals surface area (Å²) in [5.74, 6) is 0.492. The summed E-state index contributed by atoms with van der Waals surface area (Å²) in [5.41, 5.74) is 5.66. The second-order valence-electron chi connectivity index (χ2n) is 3.75. The second kappa shape index (κ2) is 5.11. The van der Waals surface area contributed by atoms with Crippen LogP contribution >= 0.6 is 0 Å². The van der Waals surface area contributed by atoms with Gasteiger partial charge in [0.15, 0.2) is 0 Å². The molecular weight excluding hydrogens is 192 g/mol. The average molecular weight is 212 g/mol. The van der Waals surface area contributed by atoms with E-state index in [1.807, 2.05) is 6.92 Å². The highest BCUT2D eigenvalue weighted by Crippen LogP contribution is 2.18. The second-order valence-corrected chi connectivity index (χ2v) is 3.75. The lowest BCUT2D eigenvalue weighted by Gasteiger charge is -2.24. The van der Waals surface area contributed by atoms with Gasteiger partial charge in [0.05, 0.1) is 6.04 Å². The van der Waals surface area contributed by atoms with Crippen LogP contribution in [-0.2, 0) is 0 Å². The Bertz CT molecular complexity index is 297. The fourth-order valence-electron chi connectivity index (χ4n) is 1.38. The van der Waals surface area contributed by atoms with E-state index in [1.54, 1.807) is 0 Å². The maximum Gasteiger partial charge on any atom is 0.318 e. The molecule has 0 spiro atoms. The van der Waals surface area contributed by atoms with E-state index in [1.165, 1.54) is 0 Å². The molecule has 2 N–H and O–H groups in total. The maximum atomic E-state index is 5.66. The number of nitrogens with two attached hydrogens (primary N) is 1. The third kappa shape index (κ3) is 2.68. The number of hydrogen-bond donors (Lipinski definition) is 1. The van der Waals surface area contributed by atoms with Crippen molar-refractivity contribution in [3.05, 3.63) is 5.89 Å². The molecule has 1 heterocycles. The lowest BCUT2D eigenvalue weighted by atomic mass is 10.2. The molecule has 1 rings (SSSR count). The zero-order chi connectivity index (χ0) is 11.4. The molecule has 15 heavy (non-hydrogen) atoms. The summed E-state index contributed by atoms with van der Waals surface area (Å²) in [7, 11) is 0. The fourth-order valence-corrected chi connectivity index (χ4v) is 1.38. The van der Waals surface area contributed by atoms with Crippen LogP contribution in [-0.4, -0.2) is 22.8 Å². The molecule has 0 saturated heterocycles. The third-order valence-electron chi connectivity index (χ3n) is 2.53. The quantitative estimate of drug-likeness (QED) is 0.804. The minimum absolute atomic E-state index is 0.207. The lowest BCUT2D eigenvalue weighted by Crippen LogP contribution is -2.32. The van der Waals surface area contributed by atoms with Crippen LogP contribution in [0.3, 0.4) is 0 Å². The number of nitrogens with zero attached hydrogens (tertiary/aromatic N) is 3. The van der Waals surface area contributed by atoms with Crippen molar-refractivity contribution in [3.8, 4) is 0 Å². The fraction of sp³-hybridized carbons (Fsp3) is 0.800. The Morgan fingerprint density at radius 1 is 1.33 bits per heavy atom. The standard InChI is InChI=1S/C10H20N4O/c1-5-7(3)14(6-2)10-13-12-9(15-10)8(4)11/h7-8H,5-6,11H2,1-4H3. The molecule has 1 aromatic rings. The molecule has 5 heteroatoms. The van der Waals surface area contributed by atoms with Gasteiger partial charge in [-0.1, -0.05) is 12.0 Å². The van der Waals surface area contributed by atoms with Crippen LogP contribution in [0.4, 0.5) is 6.01 Å². The van der Waals surface area contributed by atoms with Gasteiger partial charge in [-0.2, -0.15) is 0 Å². The monoisotopic (exact) mass is 212 g/mol. The predicted octanol–water partition coefficient (Wildman–Crippen LogP) is 1.71. The first kappa shape index (κ1) is 12.0. The Morgan fingerprint density at radius 3 is 2.40 bits per heavy atom. The zero-order valence-electron chi connectivity index (χ0n) is 9.90. The predicted molar refractivity (Wildman–Crippen MR) is 59.7 cm³/mol. The van der Waals surface area contributed by atoms with Crippen molar-refractivity contribution in [2.75, 3.05) is 11.4 Å². The highest BCUT2D eigenvalue weighted by Gasteiger charge is 2.18. The largest absolute Gasteiger partial charge is 0.406 e. The SMILES string of the molecule is CCC(C)N(CC)c1nnc(C(C)N)o1. The summed E-state index contributed by atoms with van der Waals surface area (Å²) < 4.78 is 5.50. The first-order valence-corrected chi connectivity index (χ1v) is 5.45. The molecule has 1 aromatic heterocycles. The van der Waals surface area contributed by atoms with Gasteiger partial charge in [-0.15, -0.1) is 5.10 Å². The van der Waals surface area contributed by atoms with Crippen molar-refractivity contribution in [2.24, 2.45) is 5.73 Å². The molecule has 0 aromatic carbocycles. The Morgan fingerprint density at radius 2 is 2.00 bits per heavy atom. The smallest absolute Gasteiger partial charge is 0.318 e. The van der Waals surface area contributed by atoms with E-state index in [0.717, 1.165) is 13.0 Å². The van der Waals surface area contributed by atoms with E-state index in [4.69, 9.17) is 10.2 Å². The van der Waals surface area contributed by atoms with E-state index in [0.29, 0.717) is 17.9 Å². The van der Waals surface area contributed by atoms with Gasteiger partial charge < -0.3 is 15.1 Å². The maximum absolute atomic E-state index is 5.66. The average Bonchev–Trinajstić information content (AvgIpc) is 2.68. The normalized spacial score (nSPS) is 15.0. The van der Waals surface area contributed by atoms with Gasteiger partial charge in [-0.3, -0.25) is 0 Å².